The van der Waals surface area contributed by atoms with E-state index in [0.29, 0.717) is 17.4 Å². The predicted molar refractivity (Wildman–Crippen MR) is 58.2 cm³/mol. The maximum absolute atomic E-state index is 10.9. The van der Waals surface area contributed by atoms with Crippen molar-refractivity contribution in [3.63, 3.8) is 0 Å². The van der Waals surface area contributed by atoms with Crippen LogP contribution in [0, 0.1) is 10.1 Å². The van der Waals surface area contributed by atoms with Crippen molar-refractivity contribution >= 4 is 5.69 Å². The molecule has 86 valence electrons. The second-order valence-electron chi connectivity index (χ2n) is 3.80. The van der Waals surface area contributed by atoms with E-state index in [0.717, 1.165) is 18.4 Å². The second-order valence-corrected chi connectivity index (χ2v) is 3.80. The van der Waals surface area contributed by atoms with Crippen LogP contribution in [0.5, 0.6) is 11.5 Å². The topological polar surface area (TPSA) is 61.6 Å². The molecule has 0 atom stereocenters. The quantitative estimate of drug-likeness (QED) is 0.581. The van der Waals surface area contributed by atoms with E-state index in [1.807, 2.05) is 0 Å². The van der Waals surface area contributed by atoms with Crippen LogP contribution in [0.4, 0.5) is 5.69 Å². The van der Waals surface area contributed by atoms with E-state index in [1.54, 1.807) is 6.07 Å². The molecule has 0 radical (unpaired) electrons. The summed E-state index contributed by atoms with van der Waals surface area (Å²) in [4.78, 5) is 10.6. The lowest BCUT2D eigenvalue weighted by Crippen LogP contribution is -1.98. The molecule has 1 aromatic rings. The normalized spacial score (nSPS) is 14.6. The van der Waals surface area contributed by atoms with Crippen molar-refractivity contribution in [1.82, 2.24) is 0 Å². The molecule has 16 heavy (non-hydrogen) atoms. The summed E-state index contributed by atoms with van der Waals surface area (Å²) < 4.78 is 10.2. The Hall–Kier alpha value is -1.78. The number of nitrogens with zero attached hydrogens (tertiary/aromatic N) is 1. The lowest BCUT2D eigenvalue weighted by Gasteiger charge is -2.09. The average Bonchev–Trinajstić information content (AvgIpc) is 3.10. The van der Waals surface area contributed by atoms with Gasteiger partial charge in [-0.25, -0.2) is 0 Å². The van der Waals surface area contributed by atoms with Crippen LogP contribution < -0.4 is 9.47 Å². The largest absolute Gasteiger partial charge is 0.493 e. The molecule has 0 heterocycles. The number of ether oxygens (including phenoxy) is 2. The summed E-state index contributed by atoms with van der Waals surface area (Å²) in [5.41, 5.74) is 0.878. The van der Waals surface area contributed by atoms with Gasteiger partial charge in [0.05, 0.1) is 25.2 Å². The highest BCUT2D eigenvalue weighted by atomic mass is 16.6. The van der Waals surface area contributed by atoms with Gasteiger partial charge in [0.1, 0.15) is 0 Å². The number of nitro groups is 1. The number of benzene rings is 1. The summed E-state index contributed by atoms with van der Waals surface area (Å²) >= 11 is 0. The Morgan fingerprint density at radius 2 is 1.81 bits per heavy atom. The number of nitro benzene ring substituents is 1. The highest BCUT2D eigenvalue weighted by Gasteiger charge is 2.32. The van der Waals surface area contributed by atoms with Crippen LogP contribution >= 0.6 is 0 Å². The number of methoxy groups -OCH3 is 2. The van der Waals surface area contributed by atoms with Crippen LogP contribution in [0.25, 0.3) is 0 Å². The zero-order valence-electron chi connectivity index (χ0n) is 9.23. The molecule has 0 amide bonds. The Kier molecular flexibility index (Phi) is 2.68. The van der Waals surface area contributed by atoms with E-state index in [4.69, 9.17) is 9.47 Å². The molecule has 0 saturated heterocycles. The molecule has 0 spiro atoms. The third-order valence-electron chi connectivity index (χ3n) is 2.75. The van der Waals surface area contributed by atoms with Crippen LogP contribution in [0.15, 0.2) is 12.1 Å². The van der Waals surface area contributed by atoms with Crippen molar-refractivity contribution in [3.05, 3.63) is 27.8 Å². The fourth-order valence-corrected chi connectivity index (χ4v) is 1.76. The zero-order chi connectivity index (χ0) is 11.7. The van der Waals surface area contributed by atoms with E-state index < -0.39 is 0 Å². The molecule has 1 aromatic carbocycles. The van der Waals surface area contributed by atoms with E-state index >= 15 is 0 Å². The predicted octanol–water partition coefficient (Wildman–Crippen LogP) is 2.49. The van der Waals surface area contributed by atoms with Gasteiger partial charge in [-0.15, -0.1) is 0 Å². The SMILES string of the molecule is COc1cc(C2CC2)c([N+](=O)[O-])cc1OC. The Labute approximate surface area is 93.1 Å². The van der Waals surface area contributed by atoms with Crippen molar-refractivity contribution in [2.75, 3.05) is 14.2 Å². The standard InChI is InChI=1S/C11H13NO4/c1-15-10-5-8(7-3-4-7)9(12(13)14)6-11(10)16-2/h5-7H,3-4H2,1-2H3. The van der Waals surface area contributed by atoms with Gasteiger partial charge < -0.3 is 9.47 Å². The smallest absolute Gasteiger partial charge is 0.276 e. The van der Waals surface area contributed by atoms with Gasteiger partial charge in [-0.1, -0.05) is 0 Å². The summed E-state index contributed by atoms with van der Waals surface area (Å²) in [5.74, 6) is 1.26. The minimum atomic E-state index is -0.365. The van der Waals surface area contributed by atoms with Crippen LogP contribution in [-0.2, 0) is 0 Å². The van der Waals surface area contributed by atoms with Gasteiger partial charge in [-0.2, -0.15) is 0 Å². The molecule has 2 rings (SSSR count). The molecular formula is C11H13NO4. The molecule has 0 N–H and O–H groups in total. The maximum Gasteiger partial charge on any atom is 0.276 e. The number of hydrogen-bond donors (Lipinski definition) is 0. The first-order chi connectivity index (χ1) is 7.67. The lowest BCUT2D eigenvalue weighted by atomic mass is 10.1. The van der Waals surface area contributed by atoms with Gasteiger partial charge in [0.2, 0.25) is 0 Å². The summed E-state index contributed by atoms with van der Waals surface area (Å²) in [6.45, 7) is 0. The fraction of sp³-hybridized carbons (Fsp3) is 0.455. The highest BCUT2D eigenvalue weighted by Crippen LogP contribution is 2.47. The van der Waals surface area contributed by atoms with Gasteiger partial charge in [0, 0.05) is 5.56 Å². The van der Waals surface area contributed by atoms with Gasteiger partial charge in [-0.3, -0.25) is 10.1 Å². The summed E-state index contributed by atoms with van der Waals surface area (Å²) in [6, 6.07) is 3.15. The van der Waals surface area contributed by atoms with E-state index in [-0.39, 0.29) is 10.6 Å². The molecule has 0 unspecified atom stereocenters. The molecule has 1 aliphatic carbocycles. The second kappa shape index (κ2) is 4.00. The summed E-state index contributed by atoms with van der Waals surface area (Å²) in [6.07, 6.45) is 2.02. The Balaban J connectivity index is 2.53. The van der Waals surface area contributed by atoms with Gasteiger partial charge in [-0.05, 0) is 24.8 Å². The van der Waals surface area contributed by atoms with Gasteiger partial charge in [0.15, 0.2) is 11.5 Å². The average molecular weight is 223 g/mol. The van der Waals surface area contributed by atoms with E-state index in [2.05, 4.69) is 0 Å². The van der Waals surface area contributed by atoms with Crippen molar-refractivity contribution < 1.29 is 14.4 Å². The maximum atomic E-state index is 10.9. The summed E-state index contributed by atoms with van der Waals surface area (Å²) in [5, 5.41) is 10.9. The fourth-order valence-electron chi connectivity index (χ4n) is 1.76. The molecular weight excluding hydrogens is 210 g/mol. The minimum absolute atomic E-state index is 0.125. The molecule has 5 nitrogen and oxygen atoms in total. The van der Waals surface area contributed by atoms with Gasteiger partial charge >= 0.3 is 0 Å². The third kappa shape index (κ3) is 1.80. The van der Waals surface area contributed by atoms with Gasteiger partial charge in [0.25, 0.3) is 5.69 Å². The Morgan fingerprint density at radius 3 is 2.25 bits per heavy atom. The molecule has 1 saturated carbocycles. The van der Waals surface area contributed by atoms with Crippen molar-refractivity contribution in [1.29, 1.82) is 0 Å². The highest BCUT2D eigenvalue weighted by molar-refractivity contribution is 5.56. The first-order valence-electron chi connectivity index (χ1n) is 5.07. The molecule has 1 aliphatic rings. The Morgan fingerprint density at radius 1 is 1.25 bits per heavy atom. The van der Waals surface area contributed by atoms with Crippen molar-refractivity contribution in [2.45, 2.75) is 18.8 Å². The first kappa shape index (κ1) is 10.7. The van der Waals surface area contributed by atoms with E-state index in [9.17, 15) is 10.1 Å². The Bertz CT molecular complexity index is 426. The van der Waals surface area contributed by atoms with Crippen LogP contribution in [0.1, 0.15) is 24.3 Å². The lowest BCUT2D eigenvalue weighted by molar-refractivity contribution is -0.385. The third-order valence-corrected chi connectivity index (χ3v) is 2.75. The van der Waals surface area contributed by atoms with Crippen molar-refractivity contribution in [2.24, 2.45) is 0 Å². The number of hydrogen-bond acceptors (Lipinski definition) is 4. The monoisotopic (exact) mass is 223 g/mol. The first-order valence-corrected chi connectivity index (χ1v) is 5.07. The molecule has 0 aromatic heterocycles. The van der Waals surface area contributed by atoms with Crippen molar-refractivity contribution in [3.8, 4) is 11.5 Å². The van der Waals surface area contributed by atoms with Crippen LogP contribution in [-0.4, -0.2) is 19.1 Å². The zero-order valence-corrected chi connectivity index (χ0v) is 9.23. The molecule has 1 fully saturated rings. The molecule has 5 heteroatoms. The van der Waals surface area contributed by atoms with Crippen LogP contribution in [0.2, 0.25) is 0 Å². The number of rotatable bonds is 4. The van der Waals surface area contributed by atoms with E-state index in [1.165, 1.54) is 20.3 Å². The van der Waals surface area contributed by atoms with Crippen LogP contribution in [0.3, 0.4) is 0 Å². The molecule has 0 bridgehead atoms. The molecule has 0 aliphatic heterocycles. The summed E-state index contributed by atoms with van der Waals surface area (Å²) in [7, 11) is 3.00. The minimum Gasteiger partial charge on any atom is -0.493 e.